The Morgan fingerprint density at radius 3 is 2.56 bits per heavy atom. The number of rotatable bonds is 7. The van der Waals surface area contributed by atoms with Gasteiger partial charge in [-0.15, -0.1) is 0 Å². The number of benzene rings is 1. The number of aromatic nitrogens is 4. The highest BCUT2D eigenvalue weighted by atomic mass is 28.3. The van der Waals surface area contributed by atoms with E-state index < -0.39 is 8.07 Å². The first-order valence-corrected chi connectivity index (χ1v) is 15.2. The minimum atomic E-state index is -1.14. The lowest BCUT2D eigenvalue weighted by atomic mass is 10.1. The summed E-state index contributed by atoms with van der Waals surface area (Å²) in [6.45, 7) is 16.2. The Labute approximate surface area is 191 Å². The smallest absolute Gasteiger partial charge is 0.140 e. The fourth-order valence-corrected chi connectivity index (χ4v) is 4.91. The van der Waals surface area contributed by atoms with Crippen molar-refractivity contribution in [3.05, 3.63) is 36.2 Å². The van der Waals surface area contributed by atoms with E-state index in [1.54, 1.807) is 6.33 Å². The average Bonchev–Trinajstić information content (AvgIpc) is 3.07. The van der Waals surface area contributed by atoms with E-state index in [0.29, 0.717) is 6.73 Å². The highest BCUT2D eigenvalue weighted by molar-refractivity contribution is 6.76. The van der Waals surface area contributed by atoms with E-state index in [9.17, 15) is 0 Å². The van der Waals surface area contributed by atoms with Gasteiger partial charge in [-0.2, -0.15) is 5.10 Å². The second-order valence-corrected chi connectivity index (χ2v) is 15.8. The lowest BCUT2D eigenvalue weighted by Gasteiger charge is -2.36. The molecule has 1 aliphatic heterocycles. The van der Waals surface area contributed by atoms with Crippen molar-refractivity contribution >= 4 is 24.8 Å². The van der Waals surface area contributed by atoms with Crippen molar-refractivity contribution in [1.29, 1.82) is 0 Å². The molecule has 0 spiro atoms. The zero-order valence-corrected chi connectivity index (χ0v) is 21.1. The molecule has 0 unspecified atom stereocenters. The standard InChI is InChI=1S/C24H35N5O2Si/c1-17-7-8-21-20(11-17)24(29(27-21)16-30-9-10-32(4,5)6)22-12-23(26-15-25-22)28-13-18(2)31-19(3)14-28/h7-8,11-12,15,18-19H,9-10,13-14,16H2,1-6H3/t18-,19+. The summed E-state index contributed by atoms with van der Waals surface area (Å²) in [6.07, 6.45) is 2.00. The summed E-state index contributed by atoms with van der Waals surface area (Å²) < 4.78 is 13.9. The number of hydrogen-bond acceptors (Lipinski definition) is 6. The molecule has 4 rings (SSSR count). The van der Waals surface area contributed by atoms with Crippen LogP contribution in [0.3, 0.4) is 0 Å². The lowest BCUT2D eigenvalue weighted by Crippen LogP contribution is -2.45. The SMILES string of the molecule is Cc1ccc2nn(COCC[Si](C)(C)C)c(-c3cc(N4C[C@@H](C)O[C@@H](C)C4)ncn3)c2c1. The van der Waals surface area contributed by atoms with Crippen LogP contribution in [0, 0.1) is 6.92 Å². The molecule has 8 heteroatoms. The molecule has 0 bridgehead atoms. The Kier molecular flexibility index (Phi) is 6.64. The number of fused-ring (bicyclic) bond motifs is 1. The number of ether oxygens (including phenoxy) is 2. The average molecular weight is 454 g/mol. The third-order valence-electron chi connectivity index (χ3n) is 5.74. The van der Waals surface area contributed by atoms with Crippen molar-refractivity contribution in [2.45, 2.75) is 65.4 Å². The molecule has 3 heterocycles. The largest absolute Gasteiger partial charge is 0.372 e. The fourth-order valence-electron chi connectivity index (χ4n) is 4.15. The zero-order chi connectivity index (χ0) is 22.9. The van der Waals surface area contributed by atoms with Crippen molar-refractivity contribution < 1.29 is 9.47 Å². The van der Waals surface area contributed by atoms with Crippen LogP contribution in [-0.4, -0.2) is 59.7 Å². The molecule has 7 nitrogen and oxygen atoms in total. The zero-order valence-electron chi connectivity index (χ0n) is 20.1. The molecule has 0 N–H and O–H groups in total. The van der Waals surface area contributed by atoms with Crippen LogP contribution in [0.5, 0.6) is 0 Å². The van der Waals surface area contributed by atoms with Crippen LogP contribution in [-0.2, 0) is 16.2 Å². The lowest BCUT2D eigenvalue weighted by molar-refractivity contribution is -0.00546. The fraction of sp³-hybridized carbons (Fsp3) is 0.542. The minimum absolute atomic E-state index is 0.172. The molecule has 1 aromatic carbocycles. The summed E-state index contributed by atoms with van der Waals surface area (Å²) in [7, 11) is -1.14. The van der Waals surface area contributed by atoms with E-state index in [4.69, 9.17) is 14.6 Å². The molecule has 0 saturated carbocycles. The molecule has 2 atom stereocenters. The van der Waals surface area contributed by atoms with E-state index in [-0.39, 0.29) is 12.2 Å². The Morgan fingerprint density at radius 2 is 1.84 bits per heavy atom. The topological polar surface area (TPSA) is 65.3 Å². The molecular weight excluding hydrogens is 418 g/mol. The first kappa shape index (κ1) is 22.9. The Morgan fingerprint density at radius 1 is 1.09 bits per heavy atom. The van der Waals surface area contributed by atoms with Gasteiger partial charge in [0.15, 0.2) is 0 Å². The molecule has 3 aromatic rings. The maximum Gasteiger partial charge on any atom is 0.140 e. The first-order valence-electron chi connectivity index (χ1n) is 11.5. The maximum atomic E-state index is 6.06. The van der Waals surface area contributed by atoms with Crippen molar-refractivity contribution in [1.82, 2.24) is 19.7 Å². The van der Waals surface area contributed by atoms with Gasteiger partial charge in [0.05, 0.1) is 29.1 Å². The molecular formula is C24H35N5O2Si. The second-order valence-electron chi connectivity index (χ2n) is 10.1. The second kappa shape index (κ2) is 9.29. The van der Waals surface area contributed by atoms with Crippen LogP contribution >= 0.6 is 0 Å². The van der Waals surface area contributed by atoms with Gasteiger partial charge in [0, 0.05) is 39.2 Å². The van der Waals surface area contributed by atoms with Crippen LogP contribution in [0.1, 0.15) is 19.4 Å². The van der Waals surface area contributed by atoms with Crippen LogP contribution in [0.4, 0.5) is 5.82 Å². The first-order chi connectivity index (χ1) is 15.2. The van der Waals surface area contributed by atoms with Gasteiger partial charge in [0.2, 0.25) is 0 Å². The van der Waals surface area contributed by atoms with Crippen LogP contribution in [0.15, 0.2) is 30.6 Å². The van der Waals surface area contributed by atoms with E-state index in [1.165, 1.54) is 5.56 Å². The Hall–Kier alpha value is -2.29. The number of hydrogen-bond donors (Lipinski definition) is 0. The molecule has 1 fully saturated rings. The number of morpholine rings is 1. The van der Waals surface area contributed by atoms with E-state index in [1.807, 2.05) is 4.68 Å². The van der Waals surface area contributed by atoms with Crippen molar-refractivity contribution in [3.8, 4) is 11.4 Å². The predicted molar refractivity (Wildman–Crippen MR) is 132 cm³/mol. The van der Waals surface area contributed by atoms with Crippen molar-refractivity contribution in [2.24, 2.45) is 0 Å². The number of nitrogens with zero attached hydrogens (tertiary/aromatic N) is 5. The molecule has 2 aromatic heterocycles. The van der Waals surface area contributed by atoms with Crippen LogP contribution in [0.25, 0.3) is 22.3 Å². The summed E-state index contributed by atoms with van der Waals surface area (Å²) in [4.78, 5) is 11.5. The summed E-state index contributed by atoms with van der Waals surface area (Å²) in [6, 6.07) is 9.55. The third-order valence-corrected chi connectivity index (χ3v) is 7.45. The summed E-state index contributed by atoms with van der Waals surface area (Å²) >= 11 is 0. The van der Waals surface area contributed by atoms with Gasteiger partial charge in [-0.05, 0) is 38.9 Å². The maximum absolute atomic E-state index is 6.06. The molecule has 0 aliphatic carbocycles. The van der Waals surface area contributed by atoms with Crippen molar-refractivity contribution in [2.75, 3.05) is 24.6 Å². The molecule has 0 radical (unpaired) electrons. The van der Waals surface area contributed by atoms with E-state index in [2.05, 4.69) is 79.5 Å². The molecule has 1 aliphatic rings. The van der Waals surface area contributed by atoms with Crippen molar-refractivity contribution in [3.63, 3.8) is 0 Å². The number of anilines is 1. The monoisotopic (exact) mass is 453 g/mol. The Balaban J connectivity index is 1.67. The molecule has 32 heavy (non-hydrogen) atoms. The molecule has 172 valence electrons. The highest BCUT2D eigenvalue weighted by Gasteiger charge is 2.24. The van der Waals surface area contributed by atoms with Gasteiger partial charge >= 0.3 is 0 Å². The van der Waals surface area contributed by atoms with Gasteiger partial charge in [-0.3, -0.25) is 0 Å². The Bertz CT molecular complexity index is 1070. The highest BCUT2D eigenvalue weighted by Crippen LogP contribution is 2.30. The molecule has 1 saturated heterocycles. The van der Waals surface area contributed by atoms with Crippen LogP contribution in [0.2, 0.25) is 25.7 Å². The quantitative estimate of drug-likeness (QED) is 0.381. The van der Waals surface area contributed by atoms with Gasteiger partial charge in [0.1, 0.15) is 18.9 Å². The van der Waals surface area contributed by atoms with Gasteiger partial charge in [-0.25, -0.2) is 14.6 Å². The van der Waals surface area contributed by atoms with Gasteiger partial charge < -0.3 is 14.4 Å². The normalized spacial score (nSPS) is 19.6. The van der Waals surface area contributed by atoms with Gasteiger partial charge in [-0.1, -0.05) is 31.3 Å². The predicted octanol–water partition coefficient (Wildman–Crippen LogP) is 4.73. The minimum Gasteiger partial charge on any atom is -0.372 e. The third kappa shape index (κ3) is 5.36. The number of aryl methyl sites for hydroxylation is 1. The summed E-state index contributed by atoms with van der Waals surface area (Å²) in [5.41, 5.74) is 4.00. The van der Waals surface area contributed by atoms with Crippen LogP contribution < -0.4 is 4.90 Å². The van der Waals surface area contributed by atoms with E-state index in [0.717, 1.165) is 53.8 Å². The van der Waals surface area contributed by atoms with Gasteiger partial charge in [0.25, 0.3) is 0 Å². The molecule has 0 amide bonds. The summed E-state index contributed by atoms with van der Waals surface area (Å²) in [5.74, 6) is 0.921. The van der Waals surface area contributed by atoms with E-state index >= 15 is 0 Å². The summed E-state index contributed by atoms with van der Waals surface area (Å²) in [5, 5.41) is 5.93.